The van der Waals surface area contributed by atoms with Gasteiger partial charge in [-0.15, -0.1) is 11.3 Å². The molecule has 3 heterocycles. The van der Waals surface area contributed by atoms with E-state index in [-0.39, 0.29) is 38.9 Å². The molecule has 0 spiro atoms. The molecule has 234 valence electrons. The van der Waals surface area contributed by atoms with E-state index in [1.54, 1.807) is 17.4 Å². The number of rotatable bonds is 5. The summed E-state index contributed by atoms with van der Waals surface area (Å²) in [5, 5.41) is 1.68. The molecule has 0 N–H and O–H groups in total. The first kappa shape index (κ1) is 19.0. The van der Waals surface area contributed by atoms with E-state index in [0.717, 1.165) is 35.9 Å². The molecule has 50 heavy (non-hydrogen) atoms. The average molecular weight is 668 g/mol. The minimum absolute atomic E-state index is 0.102. The fraction of sp³-hybridized carbons (Fsp3) is 0. The summed E-state index contributed by atoms with van der Waals surface area (Å²) in [5.74, 6) is 0.288. The average Bonchev–Trinajstić information content (AvgIpc) is 3.86. The van der Waals surface area contributed by atoms with Gasteiger partial charge in [-0.1, -0.05) is 127 Å². The Kier molecular flexibility index (Phi) is 4.43. The second kappa shape index (κ2) is 11.7. The van der Waals surface area contributed by atoms with Gasteiger partial charge in [-0.2, -0.15) is 0 Å². The number of aromatic nitrogens is 3. The molecule has 0 saturated heterocycles. The second-order valence-electron chi connectivity index (χ2n) is 11.7. The van der Waals surface area contributed by atoms with E-state index in [0.29, 0.717) is 16.8 Å². The van der Waals surface area contributed by atoms with E-state index in [1.165, 1.54) is 0 Å². The molecule has 0 saturated carbocycles. The first-order chi connectivity index (χ1) is 29.8. The van der Waals surface area contributed by atoms with Gasteiger partial charge in [0.25, 0.3) is 0 Å². The Morgan fingerprint density at radius 3 is 2.04 bits per heavy atom. The van der Waals surface area contributed by atoms with Crippen LogP contribution < -0.4 is 0 Å². The largest absolute Gasteiger partial charge is 0.309 e. The first-order valence-corrected chi connectivity index (χ1v) is 16.7. The summed E-state index contributed by atoms with van der Waals surface area (Å²) in [6, 6.07) is 25.8. The van der Waals surface area contributed by atoms with Crippen LogP contribution in [0.2, 0.25) is 0 Å². The van der Waals surface area contributed by atoms with E-state index in [2.05, 4.69) is 0 Å². The predicted octanol–water partition coefficient (Wildman–Crippen LogP) is 12.6. The summed E-state index contributed by atoms with van der Waals surface area (Å²) >= 11 is 1.58. The van der Waals surface area contributed by atoms with Crippen molar-refractivity contribution in [2.45, 2.75) is 0 Å². The van der Waals surface area contributed by atoms with Crippen molar-refractivity contribution >= 4 is 53.3 Å². The van der Waals surface area contributed by atoms with Crippen LogP contribution in [-0.2, 0) is 0 Å². The Morgan fingerprint density at radius 2 is 1.18 bits per heavy atom. The number of nitrogens with zero attached hydrogens (tertiary/aromatic N) is 3. The van der Waals surface area contributed by atoms with Crippen molar-refractivity contribution in [3.05, 3.63) is 176 Å². The van der Waals surface area contributed by atoms with E-state index in [1.807, 2.05) is 97.1 Å². The molecule has 0 bridgehead atoms. The summed E-state index contributed by atoms with van der Waals surface area (Å²) in [5.41, 5.74) is 2.76. The Bertz CT molecular complexity index is 3520. The maximum atomic E-state index is 9.84. The normalized spacial score (nSPS) is 15.0. The van der Waals surface area contributed by atoms with Gasteiger partial charge in [0.2, 0.25) is 0 Å². The molecular weight excluding hydrogens is 627 g/mol. The van der Waals surface area contributed by atoms with E-state index in [4.69, 9.17) is 22.3 Å². The van der Waals surface area contributed by atoms with Crippen molar-refractivity contribution in [2.75, 3.05) is 0 Å². The molecule has 0 fully saturated rings. The van der Waals surface area contributed by atoms with Gasteiger partial charge in [0.05, 0.1) is 38.9 Å². The highest BCUT2D eigenvalue weighted by Gasteiger charge is 2.18. The summed E-state index contributed by atoms with van der Waals surface area (Å²) in [4.78, 5) is 10.1. The fourth-order valence-corrected chi connectivity index (χ4v) is 7.66. The van der Waals surface area contributed by atoms with Crippen molar-refractivity contribution in [1.29, 1.82) is 0 Å². The number of hydrogen-bond donors (Lipinski definition) is 0. The molecular formula is C46H29N3S. The minimum atomic E-state index is -0.705. The number of hydrogen-bond acceptors (Lipinski definition) is 3. The lowest BCUT2D eigenvalue weighted by Gasteiger charge is -2.11. The standard InChI is InChI=1S/C46H29N3S/c1-3-12-30(13-4-1)31-22-24-32(25-23-31)40-29-41(48-46(47-40)38-19-11-18-37-36-17-8-10-21-44(36)50-45(37)38)33-26-27-43-39(28-33)35-16-7-9-20-42(35)49(43)34-14-5-2-6-15-34/h1-29H/i2D,5D,6D,7D,9D,14D,15D,16D,20D,26D,27D,28D. The number of benzene rings is 7. The zero-order chi connectivity index (χ0) is 43.5. The molecule has 0 aliphatic rings. The SMILES string of the molecule is [2H]c1c([2H])c([2H])c(-n2c3c([2H])c([2H])c([2H])c([2H])c3c3c([2H])c(-c4cc(-c5ccc(-c6ccccc6)cc5)nc(-c5cccc6c5sc5ccccc56)n4)c([2H])c([2H])c32)c([2H])c1[2H]. The number of para-hydroxylation sites is 2. The highest BCUT2D eigenvalue weighted by Crippen LogP contribution is 2.41. The molecule has 0 aliphatic carbocycles. The zero-order valence-corrected chi connectivity index (χ0v) is 26.9. The van der Waals surface area contributed by atoms with Crippen LogP contribution in [-0.4, -0.2) is 14.5 Å². The smallest absolute Gasteiger partial charge is 0.161 e. The first-order valence-electron chi connectivity index (χ1n) is 21.9. The van der Waals surface area contributed by atoms with Gasteiger partial charge < -0.3 is 4.57 Å². The molecule has 3 aromatic heterocycles. The van der Waals surface area contributed by atoms with Gasteiger partial charge in [0.15, 0.2) is 5.82 Å². The van der Waals surface area contributed by atoms with Crippen molar-refractivity contribution in [3.8, 4) is 50.7 Å². The van der Waals surface area contributed by atoms with Crippen LogP contribution >= 0.6 is 11.3 Å². The van der Waals surface area contributed by atoms with Gasteiger partial charge in [-0.05, 0) is 59.5 Å². The Hall–Kier alpha value is -6.36. The van der Waals surface area contributed by atoms with Crippen molar-refractivity contribution in [1.82, 2.24) is 14.5 Å². The summed E-state index contributed by atoms with van der Waals surface area (Å²) in [6.45, 7) is 0. The molecule has 3 nitrogen and oxygen atoms in total. The highest BCUT2D eigenvalue weighted by molar-refractivity contribution is 7.26. The van der Waals surface area contributed by atoms with Crippen LogP contribution in [0.1, 0.15) is 16.4 Å². The Labute approximate surface area is 310 Å². The molecule has 0 atom stereocenters. The molecule has 4 heteroatoms. The maximum absolute atomic E-state index is 9.84. The lowest BCUT2D eigenvalue weighted by molar-refractivity contribution is 1.18. The van der Waals surface area contributed by atoms with Crippen molar-refractivity contribution < 1.29 is 16.4 Å². The third-order valence-electron chi connectivity index (χ3n) is 8.78. The van der Waals surface area contributed by atoms with Gasteiger partial charge in [0, 0.05) is 53.3 Å². The van der Waals surface area contributed by atoms with E-state index in [9.17, 15) is 4.11 Å². The van der Waals surface area contributed by atoms with Crippen molar-refractivity contribution in [2.24, 2.45) is 0 Å². The predicted molar refractivity (Wildman–Crippen MR) is 211 cm³/mol. The lowest BCUT2D eigenvalue weighted by atomic mass is 10.0. The van der Waals surface area contributed by atoms with Crippen LogP contribution in [0.4, 0.5) is 0 Å². The zero-order valence-electron chi connectivity index (χ0n) is 38.1. The summed E-state index contributed by atoms with van der Waals surface area (Å²) in [6.07, 6.45) is 0. The van der Waals surface area contributed by atoms with Crippen molar-refractivity contribution in [3.63, 3.8) is 0 Å². The Balaban J connectivity index is 1.31. The van der Waals surface area contributed by atoms with Gasteiger partial charge in [0.1, 0.15) is 0 Å². The molecule has 0 radical (unpaired) electrons. The summed E-state index contributed by atoms with van der Waals surface area (Å²) in [7, 11) is 0. The summed E-state index contributed by atoms with van der Waals surface area (Å²) < 4.78 is 110. The van der Waals surface area contributed by atoms with Crippen LogP contribution in [0.25, 0.3) is 92.7 Å². The van der Waals surface area contributed by atoms with Crippen LogP contribution in [0, 0.1) is 0 Å². The quantitative estimate of drug-likeness (QED) is 0.183. The molecule has 0 amide bonds. The third kappa shape index (κ3) is 4.73. The molecule has 0 aliphatic heterocycles. The van der Waals surface area contributed by atoms with Gasteiger partial charge >= 0.3 is 0 Å². The third-order valence-corrected chi connectivity index (χ3v) is 10.0. The molecule has 7 aromatic carbocycles. The van der Waals surface area contributed by atoms with E-state index < -0.39 is 78.2 Å². The highest BCUT2D eigenvalue weighted by atomic mass is 32.1. The lowest BCUT2D eigenvalue weighted by Crippen LogP contribution is -1.96. The van der Waals surface area contributed by atoms with Gasteiger partial charge in [-0.25, -0.2) is 9.97 Å². The second-order valence-corrected chi connectivity index (χ2v) is 12.7. The topological polar surface area (TPSA) is 30.7 Å². The van der Waals surface area contributed by atoms with Crippen LogP contribution in [0.5, 0.6) is 0 Å². The number of fused-ring (bicyclic) bond motifs is 6. The molecule has 10 aromatic rings. The number of thiophene rings is 1. The maximum Gasteiger partial charge on any atom is 0.161 e. The fourth-order valence-electron chi connectivity index (χ4n) is 6.45. The van der Waals surface area contributed by atoms with E-state index >= 15 is 0 Å². The van der Waals surface area contributed by atoms with Gasteiger partial charge in [-0.3, -0.25) is 0 Å². The monoisotopic (exact) mass is 667 g/mol. The Morgan fingerprint density at radius 1 is 0.500 bits per heavy atom. The van der Waals surface area contributed by atoms with Crippen LogP contribution in [0.3, 0.4) is 0 Å². The van der Waals surface area contributed by atoms with Crippen LogP contribution in [0.15, 0.2) is 176 Å². The molecule has 0 unspecified atom stereocenters. The molecule has 10 rings (SSSR count). The minimum Gasteiger partial charge on any atom is -0.309 e.